The van der Waals surface area contributed by atoms with E-state index in [1.807, 2.05) is 18.2 Å². The molecule has 0 radical (unpaired) electrons. The first-order valence-corrected chi connectivity index (χ1v) is 8.16. The molecule has 0 saturated heterocycles. The van der Waals surface area contributed by atoms with Crippen LogP contribution in [0, 0.1) is 0 Å². The summed E-state index contributed by atoms with van der Waals surface area (Å²) in [5.74, 6) is -0.189. The Hall–Kier alpha value is -0.920. The molecule has 0 aliphatic rings. The van der Waals surface area contributed by atoms with Gasteiger partial charge in [0.05, 0.1) is 18.0 Å². The molecule has 2 N–H and O–H groups in total. The molecule has 1 aromatic rings. The SMILES string of the molecule is CS(=O)(=O)CCNCC(=O)Nc1ccccc1Br. The first-order valence-electron chi connectivity index (χ1n) is 5.31. The maximum absolute atomic E-state index is 11.5. The smallest absolute Gasteiger partial charge is 0.238 e. The number of hydrogen-bond donors (Lipinski definition) is 2. The second-order valence-electron chi connectivity index (χ2n) is 3.83. The zero-order valence-corrected chi connectivity index (χ0v) is 12.3. The summed E-state index contributed by atoms with van der Waals surface area (Å²) >= 11 is 3.32. The van der Waals surface area contributed by atoms with E-state index in [4.69, 9.17) is 0 Å². The molecule has 0 aliphatic heterocycles. The number of nitrogens with one attached hydrogen (secondary N) is 2. The van der Waals surface area contributed by atoms with Gasteiger partial charge in [-0.05, 0) is 28.1 Å². The Morgan fingerprint density at radius 2 is 2.00 bits per heavy atom. The van der Waals surface area contributed by atoms with Gasteiger partial charge in [0.2, 0.25) is 5.91 Å². The molecule has 0 fully saturated rings. The Morgan fingerprint density at radius 1 is 1.33 bits per heavy atom. The van der Waals surface area contributed by atoms with Gasteiger partial charge >= 0.3 is 0 Å². The first kappa shape index (κ1) is 15.1. The van der Waals surface area contributed by atoms with Gasteiger partial charge in [-0.1, -0.05) is 12.1 Å². The maximum Gasteiger partial charge on any atom is 0.238 e. The first-order chi connectivity index (χ1) is 8.38. The van der Waals surface area contributed by atoms with Crippen LogP contribution in [0.15, 0.2) is 28.7 Å². The molecule has 0 bridgehead atoms. The van der Waals surface area contributed by atoms with Gasteiger partial charge in [0, 0.05) is 17.3 Å². The molecule has 1 aromatic carbocycles. The van der Waals surface area contributed by atoms with E-state index in [1.54, 1.807) is 6.07 Å². The van der Waals surface area contributed by atoms with Crippen LogP contribution in [0.2, 0.25) is 0 Å². The summed E-state index contributed by atoms with van der Waals surface area (Å²) in [5.41, 5.74) is 0.687. The van der Waals surface area contributed by atoms with E-state index in [1.165, 1.54) is 0 Å². The highest BCUT2D eigenvalue weighted by Crippen LogP contribution is 2.20. The topological polar surface area (TPSA) is 75.3 Å². The third-order valence-electron chi connectivity index (χ3n) is 2.08. The molecule has 5 nitrogen and oxygen atoms in total. The zero-order chi connectivity index (χ0) is 13.6. The van der Waals surface area contributed by atoms with Crippen molar-refractivity contribution in [3.05, 3.63) is 28.7 Å². The standard InChI is InChI=1S/C11H15BrN2O3S/c1-18(16,17)7-6-13-8-11(15)14-10-5-3-2-4-9(10)12/h2-5,13H,6-8H2,1H3,(H,14,15). The van der Waals surface area contributed by atoms with Crippen molar-refractivity contribution in [1.82, 2.24) is 5.32 Å². The van der Waals surface area contributed by atoms with Crippen LogP contribution in [0.5, 0.6) is 0 Å². The van der Waals surface area contributed by atoms with E-state index in [0.29, 0.717) is 5.69 Å². The third kappa shape index (κ3) is 6.13. The van der Waals surface area contributed by atoms with Gasteiger partial charge in [-0.2, -0.15) is 0 Å². The van der Waals surface area contributed by atoms with E-state index in [9.17, 15) is 13.2 Å². The van der Waals surface area contributed by atoms with E-state index in [2.05, 4.69) is 26.6 Å². The fourth-order valence-corrected chi connectivity index (χ4v) is 2.12. The zero-order valence-electron chi connectivity index (χ0n) is 9.94. The van der Waals surface area contributed by atoms with Crippen LogP contribution in [-0.2, 0) is 14.6 Å². The van der Waals surface area contributed by atoms with Crippen LogP contribution in [0.1, 0.15) is 0 Å². The van der Waals surface area contributed by atoms with Crippen molar-refractivity contribution < 1.29 is 13.2 Å². The minimum atomic E-state index is -2.99. The van der Waals surface area contributed by atoms with E-state index in [0.717, 1.165) is 10.7 Å². The fraction of sp³-hybridized carbons (Fsp3) is 0.364. The lowest BCUT2D eigenvalue weighted by atomic mass is 10.3. The van der Waals surface area contributed by atoms with Crippen LogP contribution in [0.4, 0.5) is 5.69 Å². The molecule has 0 aromatic heterocycles. The predicted octanol–water partition coefficient (Wildman–Crippen LogP) is 1.02. The van der Waals surface area contributed by atoms with E-state index >= 15 is 0 Å². The number of carbonyl (C=O) groups excluding carboxylic acids is 1. The van der Waals surface area contributed by atoms with Gasteiger partial charge in [0.1, 0.15) is 9.84 Å². The summed E-state index contributed by atoms with van der Waals surface area (Å²) in [5, 5.41) is 5.48. The second-order valence-corrected chi connectivity index (χ2v) is 6.95. The highest BCUT2D eigenvalue weighted by atomic mass is 79.9. The van der Waals surface area contributed by atoms with Crippen LogP contribution in [-0.4, -0.2) is 39.4 Å². The number of anilines is 1. The number of para-hydroxylation sites is 1. The predicted molar refractivity (Wildman–Crippen MR) is 75.4 cm³/mol. The molecule has 0 unspecified atom stereocenters. The van der Waals surface area contributed by atoms with Crippen molar-refractivity contribution in [2.45, 2.75) is 0 Å². The minimum absolute atomic E-state index is 0.0231. The monoisotopic (exact) mass is 334 g/mol. The van der Waals surface area contributed by atoms with E-state index < -0.39 is 9.84 Å². The number of sulfone groups is 1. The van der Waals surface area contributed by atoms with Crippen molar-refractivity contribution in [3.8, 4) is 0 Å². The summed E-state index contributed by atoms with van der Waals surface area (Å²) in [6.07, 6.45) is 1.16. The Labute approximate surface area is 115 Å². The van der Waals surface area contributed by atoms with Gasteiger partial charge < -0.3 is 10.6 Å². The van der Waals surface area contributed by atoms with Crippen molar-refractivity contribution in [1.29, 1.82) is 0 Å². The van der Waals surface area contributed by atoms with Gasteiger partial charge in [0.25, 0.3) is 0 Å². The number of rotatable bonds is 6. The highest BCUT2D eigenvalue weighted by molar-refractivity contribution is 9.10. The lowest BCUT2D eigenvalue weighted by molar-refractivity contribution is -0.115. The molecule has 0 aliphatic carbocycles. The third-order valence-corrected chi connectivity index (χ3v) is 3.72. The molecule has 100 valence electrons. The Kier molecular flexibility index (Phi) is 5.77. The lowest BCUT2D eigenvalue weighted by Crippen LogP contribution is -2.31. The summed E-state index contributed by atoms with van der Waals surface area (Å²) in [6, 6.07) is 7.27. The normalized spacial score (nSPS) is 11.2. The molecule has 1 amide bonds. The largest absolute Gasteiger partial charge is 0.324 e. The Balaban J connectivity index is 2.33. The van der Waals surface area contributed by atoms with Crippen LogP contribution in [0.25, 0.3) is 0 Å². The lowest BCUT2D eigenvalue weighted by Gasteiger charge is -2.07. The van der Waals surface area contributed by atoms with Gasteiger partial charge in [-0.15, -0.1) is 0 Å². The molecule has 7 heteroatoms. The molecule has 0 spiro atoms. The van der Waals surface area contributed by atoms with Crippen LogP contribution < -0.4 is 10.6 Å². The number of amides is 1. The Bertz CT molecular complexity index is 517. The average molecular weight is 335 g/mol. The summed E-state index contributed by atoms with van der Waals surface area (Å²) in [4.78, 5) is 11.5. The van der Waals surface area contributed by atoms with Crippen LogP contribution >= 0.6 is 15.9 Å². The van der Waals surface area contributed by atoms with Gasteiger partial charge in [-0.25, -0.2) is 8.42 Å². The van der Waals surface area contributed by atoms with Gasteiger partial charge in [0.15, 0.2) is 0 Å². The second kappa shape index (κ2) is 6.86. The van der Waals surface area contributed by atoms with Crippen molar-refractivity contribution >= 4 is 37.4 Å². The number of halogens is 1. The highest BCUT2D eigenvalue weighted by Gasteiger charge is 2.05. The number of carbonyl (C=O) groups is 1. The molecule has 0 atom stereocenters. The maximum atomic E-state index is 11.5. The average Bonchev–Trinajstić information content (AvgIpc) is 2.26. The molecular weight excluding hydrogens is 320 g/mol. The number of hydrogen-bond acceptors (Lipinski definition) is 4. The van der Waals surface area contributed by atoms with Crippen molar-refractivity contribution in [2.75, 3.05) is 30.4 Å². The summed E-state index contributed by atoms with van der Waals surface area (Å²) in [6.45, 7) is 0.346. The fourth-order valence-electron chi connectivity index (χ4n) is 1.22. The van der Waals surface area contributed by atoms with Crippen molar-refractivity contribution in [2.24, 2.45) is 0 Å². The molecular formula is C11H15BrN2O3S. The van der Waals surface area contributed by atoms with E-state index in [-0.39, 0.29) is 24.7 Å². The van der Waals surface area contributed by atoms with Crippen molar-refractivity contribution in [3.63, 3.8) is 0 Å². The molecule has 18 heavy (non-hydrogen) atoms. The number of benzene rings is 1. The molecule has 0 saturated carbocycles. The minimum Gasteiger partial charge on any atom is -0.324 e. The quantitative estimate of drug-likeness (QED) is 0.761. The van der Waals surface area contributed by atoms with Gasteiger partial charge in [-0.3, -0.25) is 4.79 Å². The van der Waals surface area contributed by atoms with Crippen LogP contribution in [0.3, 0.4) is 0 Å². The summed E-state index contributed by atoms with van der Waals surface area (Å²) < 4.78 is 22.5. The Morgan fingerprint density at radius 3 is 2.61 bits per heavy atom. The molecule has 1 rings (SSSR count). The summed E-state index contributed by atoms with van der Waals surface area (Å²) in [7, 11) is -2.99. The molecule has 0 heterocycles.